The number of aliphatic hydroxyl groups excluding tert-OH is 1. The lowest BCUT2D eigenvalue weighted by Crippen LogP contribution is -1.98. The van der Waals surface area contributed by atoms with Crippen LogP contribution in [-0.4, -0.2) is 24.8 Å². The van der Waals surface area contributed by atoms with Crippen molar-refractivity contribution in [2.75, 3.05) is 13.7 Å². The molecule has 0 bridgehead atoms. The first-order valence-electron chi connectivity index (χ1n) is 9.14. The standard InChI is InChI=1S/C19H36O3/c1-22-19(21)17-15-13-11-9-7-5-3-2-4-6-8-10-12-14-16-18-20/h2-3,20H,4-18H2,1H3/b3-2-. The quantitative estimate of drug-likeness (QED) is 0.243. The van der Waals surface area contributed by atoms with Gasteiger partial charge in [0.1, 0.15) is 0 Å². The molecule has 0 radical (unpaired) electrons. The molecule has 0 aromatic carbocycles. The molecule has 22 heavy (non-hydrogen) atoms. The van der Waals surface area contributed by atoms with Crippen LogP contribution < -0.4 is 0 Å². The Labute approximate surface area is 137 Å². The highest BCUT2D eigenvalue weighted by Crippen LogP contribution is 2.10. The van der Waals surface area contributed by atoms with E-state index in [1.165, 1.54) is 71.3 Å². The molecule has 0 unspecified atom stereocenters. The van der Waals surface area contributed by atoms with Crippen molar-refractivity contribution in [2.45, 2.75) is 89.9 Å². The Morgan fingerprint density at radius 1 is 0.773 bits per heavy atom. The van der Waals surface area contributed by atoms with E-state index in [0.717, 1.165) is 19.3 Å². The number of methoxy groups -OCH3 is 1. The van der Waals surface area contributed by atoms with Crippen LogP contribution in [-0.2, 0) is 9.53 Å². The van der Waals surface area contributed by atoms with Crippen molar-refractivity contribution in [3.05, 3.63) is 12.2 Å². The zero-order valence-corrected chi connectivity index (χ0v) is 14.5. The molecule has 0 rings (SSSR count). The molecule has 1 N–H and O–H groups in total. The molecule has 0 aliphatic heterocycles. The molecule has 0 spiro atoms. The second kappa shape index (κ2) is 18.2. The molecule has 0 saturated heterocycles. The van der Waals surface area contributed by atoms with Crippen LogP contribution in [0.5, 0.6) is 0 Å². The third kappa shape index (κ3) is 17.2. The Balaban J connectivity index is 3.10. The van der Waals surface area contributed by atoms with Crippen molar-refractivity contribution in [3.8, 4) is 0 Å². The highest BCUT2D eigenvalue weighted by atomic mass is 16.5. The van der Waals surface area contributed by atoms with Gasteiger partial charge in [0.05, 0.1) is 7.11 Å². The molecule has 3 heteroatoms. The van der Waals surface area contributed by atoms with Crippen LogP contribution in [0.1, 0.15) is 89.9 Å². The smallest absolute Gasteiger partial charge is 0.305 e. The van der Waals surface area contributed by atoms with Crippen LogP contribution in [0.2, 0.25) is 0 Å². The molecular formula is C19H36O3. The molecule has 0 fully saturated rings. The van der Waals surface area contributed by atoms with Gasteiger partial charge in [0, 0.05) is 13.0 Å². The maximum Gasteiger partial charge on any atom is 0.305 e. The third-order valence-electron chi connectivity index (χ3n) is 3.92. The summed E-state index contributed by atoms with van der Waals surface area (Å²) in [5, 5.41) is 8.67. The molecular weight excluding hydrogens is 276 g/mol. The van der Waals surface area contributed by atoms with Crippen LogP contribution in [0.25, 0.3) is 0 Å². The van der Waals surface area contributed by atoms with E-state index in [2.05, 4.69) is 16.9 Å². The van der Waals surface area contributed by atoms with Crippen molar-refractivity contribution >= 4 is 5.97 Å². The van der Waals surface area contributed by atoms with Crippen LogP contribution in [0, 0.1) is 0 Å². The normalized spacial score (nSPS) is 11.2. The van der Waals surface area contributed by atoms with Gasteiger partial charge in [0.25, 0.3) is 0 Å². The fourth-order valence-electron chi connectivity index (χ4n) is 2.48. The molecule has 0 amide bonds. The summed E-state index contributed by atoms with van der Waals surface area (Å²) in [6.07, 6.45) is 20.8. The van der Waals surface area contributed by atoms with Gasteiger partial charge in [-0.1, -0.05) is 57.1 Å². The summed E-state index contributed by atoms with van der Waals surface area (Å²) in [7, 11) is 1.45. The predicted molar refractivity (Wildman–Crippen MR) is 92.9 cm³/mol. The molecule has 0 aromatic heterocycles. The van der Waals surface area contributed by atoms with E-state index >= 15 is 0 Å². The van der Waals surface area contributed by atoms with Crippen molar-refractivity contribution < 1.29 is 14.6 Å². The van der Waals surface area contributed by atoms with Gasteiger partial charge in [-0.05, 0) is 38.5 Å². The van der Waals surface area contributed by atoms with Gasteiger partial charge < -0.3 is 9.84 Å². The number of unbranched alkanes of at least 4 members (excludes halogenated alkanes) is 11. The second-order valence-corrected chi connectivity index (χ2v) is 5.99. The summed E-state index contributed by atoms with van der Waals surface area (Å²) in [4.78, 5) is 10.9. The summed E-state index contributed by atoms with van der Waals surface area (Å²) in [5.41, 5.74) is 0. The second-order valence-electron chi connectivity index (χ2n) is 5.99. The molecule has 0 atom stereocenters. The number of hydrogen-bond donors (Lipinski definition) is 1. The number of hydrogen-bond acceptors (Lipinski definition) is 3. The van der Waals surface area contributed by atoms with Crippen LogP contribution in [0.4, 0.5) is 0 Å². The fourth-order valence-corrected chi connectivity index (χ4v) is 2.48. The van der Waals surface area contributed by atoms with Crippen LogP contribution >= 0.6 is 0 Å². The van der Waals surface area contributed by atoms with E-state index < -0.39 is 0 Å². The van der Waals surface area contributed by atoms with Gasteiger partial charge in [0.15, 0.2) is 0 Å². The summed E-state index contributed by atoms with van der Waals surface area (Å²) in [5.74, 6) is -0.0867. The van der Waals surface area contributed by atoms with E-state index in [0.29, 0.717) is 13.0 Å². The molecule has 130 valence electrons. The van der Waals surface area contributed by atoms with Gasteiger partial charge in [0.2, 0.25) is 0 Å². The highest BCUT2D eigenvalue weighted by Gasteiger charge is 1.98. The summed E-state index contributed by atoms with van der Waals surface area (Å²) < 4.78 is 4.62. The largest absolute Gasteiger partial charge is 0.469 e. The lowest BCUT2D eigenvalue weighted by atomic mass is 10.1. The first kappa shape index (κ1) is 21.2. The Kier molecular flexibility index (Phi) is 17.5. The van der Waals surface area contributed by atoms with Crippen molar-refractivity contribution in [1.82, 2.24) is 0 Å². The molecule has 0 aliphatic rings. The maximum absolute atomic E-state index is 10.9. The predicted octanol–water partition coefficient (Wildman–Crippen LogP) is 5.17. The number of ether oxygens (including phenoxy) is 1. The SMILES string of the molecule is COC(=O)CCCCCCC/C=C\CCCCCCCCO. The van der Waals surface area contributed by atoms with E-state index in [1.54, 1.807) is 0 Å². The molecule has 0 heterocycles. The van der Waals surface area contributed by atoms with Gasteiger partial charge in [-0.25, -0.2) is 0 Å². The van der Waals surface area contributed by atoms with E-state index in [9.17, 15) is 4.79 Å². The molecule has 0 saturated carbocycles. The zero-order chi connectivity index (χ0) is 16.3. The monoisotopic (exact) mass is 312 g/mol. The average molecular weight is 312 g/mol. The van der Waals surface area contributed by atoms with Gasteiger partial charge in [-0.15, -0.1) is 0 Å². The van der Waals surface area contributed by atoms with Gasteiger partial charge in [-0.3, -0.25) is 4.79 Å². The third-order valence-corrected chi connectivity index (χ3v) is 3.92. The van der Waals surface area contributed by atoms with Crippen molar-refractivity contribution in [2.24, 2.45) is 0 Å². The topological polar surface area (TPSA) is 46.5 Å². The zero-order valence-electron chi connectivity index (χ0n) is 14.5. The Morgan fingerprint density at radius 3 is 1.73 bits per heavy atom. The number of carbonyl (C=O) groups excluding carboxylic acids is 1. The van der Waals surface area contributed by atoms with Crippen LogP contribution in [0.15, 0.2) is 12.2 Å². The van der Waals surface area contributed by atoms with E-state index in [1.807, 2.05) is 0 Å². The van der Waals surface area contributed by atoms with E-state index in [-0.39, 0.29) is 5.97 Å². The summed E-state index contributed by atoms with van der Waals surface area (Å²) >= 11 is 0. The number of aliphatic hydroxyl groups is 1. The minimum absolute atomic E-state index is 0.0867. The number of carbonyl (C=O) groups is 1. The van der Waals surface area contributed by atoms with Crippen LogP contribution in [0.3, 0.4) is 0 Å². The minimum atomic E-state index is -0.0867. The Bertz CT molecular complexity index is 261. The maximum atomic E-state index is 10.9. The lowest BCUT2D eigenvalue weighted by molar-refractivity contribution is -0.140. The summed E-state index contributed by atoms with van der Waals surface area (Å²) in [6, 6.07) is 0. The van der Waals surface area contributed by atoms with Gasteiger partial charge in [-0.2, -0.15) is 0 Å². The molecule has 0 aliphatic carbocycles. The fraction of sp³-hybridized carbons (Fsp3) is 0.842. The number of rotatable bonds is 16. The lowest BCUT2D eigenvalue weighted by Gasteiger charge is -2.00. The van der Waals surface area contributed by atoms with Crippen molar-refractivity contribution in [1.29, 1.82) is 0 Å². The molecule has 0 aromatic rings. The molecule has 3 nitrogen and oxygen atoms in total. The van der Waals surface area contributed by atoms with Crippen molar-refractivity contribution in [3.63, 3.8) is 0 Å². The Hall–Kier alpha value is -0.830. The first-order valence-corrected chi connectivity index (χ1v) is 9.14. The first-order chi connectivity index (χ1) is 10.8. The van der Waals surface area contributed by atoms with Gasteiger partial charge >= 0.3 is 5.97 Å². The summed E-state index contributed by atoms with van der Waals surface area (Å²) in [6.45, 7) is 0.341. The average Bonchev–Trinajstić information content (AvgIpc) is 2.54. The number of esters is 1. The Morgan fingerprint density at radius 2 is 1.23 bits per heavy atom. The minimum Gasteiger partial charge on any atom is -0.469 e. The number of allylic oxidation sites excluding steroid dienone is 2. The highest BCUT2D eigenvalue weighted by molar-refractivity contribution is 5.68. The van der Waals surface area contributed by atoms with E-state index in [4.69, 9.17) is 5.11 Å².